The molecule has 6 nitrogen and oxygen atoms in total. The van der Waals surface area contributed by atoms with Crippen molar-refractivity contribution in [3.05, 3.63) is 65.5 Å². The molecule has 0 fully saturated rings. The first-order valence-corrected chi connectivity index (χ1v) is 9.12. The number of guanidine groups is 1. The highest BCUT2D eigenvalue weighted by atomic mass is 127. The number of hydrogen-bond donors (Lipinski definition) is 2. The number of primary sulfonamides is 1. The summed E-state index contributed by atoms with van der Waals surface area (Å²) in [5.41, 5.74) is 1.58. The van der Waals surface area contributed by atoms with E-state index < -0.39 is 10.0 Å². The van der Waals surface area contributed by atoms with Crippen molar-refractivity contribution in [2.75, 3.05) is 14.1 Å². The van der Waals surface area contributed by atoms with Gasteiger partial charge in [0.25, 0.3) is 0 Å². The average Bonchev–Trinajstić information content (AvgIpc) is 2.55. The molecule has 0 amide bonds. The molecular formula is C17H22FIN4O2S. The number of halogens is 2. The minimum absolute atomic E-state index is 0. The van der Waals surface area contributed by atoms with Crippen molar-refractivity contribution in [2.24, 2.45) is 10.1 Å². The Morgan fingerprint density at radius 2 is 1.85 bits per heavy atom. The number of hydrogen-bond acceptors (Lipinski definition) is 3. The van der Waals surface area contributed by atoms with Crippen molar-refractivity contribution in [3.8, 4) is 0 Å². The molecule has 0 saturated heterocycles. The van der Waals surface area contributed by atoms with Crippen LogP contribution in [-0.2, 0) is 23.1 Å². The van der Waals surface area contributed by atoms with Crippen molar-refractivity contribution in [3.63, 3.8) is 0 Å². The fraction of sp³-hybridized carbons (Fsp3) is 0.235. The topological polar surface area (TPSA) is 87.8 Å². The molecule has 0 aliphatic rings. The summed E-state index contributed by atoms with van der Waals surface area (Å²) in [4.78, 5) is 6.10. The maximum Gasteiger partial charge on any atom is 0.238 e. The van der Waals surface area contributed by atoms with Gasteiger partial charge in [-0.1, -0.05) is 24.3 Å². The van der Waals surface area contributed by atoms with Gasteiger partial charge in [0.05, 0.1) is 4.90 Å². The van der Waals surface area contributed by atoms with Crippen LogP contribution in [0.4, 0.5) is 4.39 Å². The number of nitrogens with one attached hydrogen (secondary N) is 1. The average molecular weight is 492 g/mol. The highest BCUT2D eigenvalue weighted by Gasteiger charge is 2.10. The predicted molar refractivity (Wildman–Crippen MR) is 111 cm³/mol. The van der Waals surface area contributed by atoms with Crippen LogP contribution in [0.2, 0.25) is 0 Å². The summed E-state index contributed by atoms with van der Waals surface area (Å²) in [6, 6.07) is 12.8. The quantitative estimate of drug-likeness (QED) is 0.381. The zero-order valence-corrected chi connectivity index (χ0v) is 17.7. The Hall–Kier alpha value is -1.72. The number of nitrogens with two attached hydrogens (primary N) is 1. The molecule has 9 heteroatoms. The number of rotatable bonds is 5. The Morgan fingerprint density at radius 3 is 2.46 bits per heavy atom. The van der Waals surface area contributed by atoms with Crippen LogP contribution in [0, 0.1) is 5.82 Å². The zero-order chi connectivity index (χ0) is 18.4. The molecule has 3 N–H and O–H groups in total. The molecular weight excluding hydrogens is 470 g/mol. The molecule has 0 spiro atoms. The van der Waals surface area contributed by atoms with Crippen LogP contribution >= 0.6 is 24.0 Å². The maximum absolute atomic E-state index is 13.3. The van der Waals surface area contributed by atoms with Gasteiger partial charge in [0.1, 0.15) is 5.82 Å². The first-order valence-electron chi connectivity index (χ1n) is 7.57. The van der Waals surface area contributed by atoms with E-state index in [-0.39, 0.29) is 34.7 Å². The van der Waals surface area contributed by atoms with E-state index in [1.165, 1.54) is 24.3 Å². The lowest BCUT2D eigenvalue weighted by Gasteiger charge is -2.22. The third-order valence-corrected chi connectivity index (χ3v) is 4.47. The molecule has 0 radical (unpaired) electrons. The summed E-state index contributed by atoms with van der Waals surface area (Å²) in [5, 5.41) is 8.29. The standard InChI is InChI=1S/C17H21FN4O2S.HI/c1-20-17(22(2)12-14-6-3-7-15(18)9-14)21-11-13-5-4-8-16(10-13)25(19,23)24;/h3-10H,11-12H2,1-2H3,(H,20,21)(H2,19,23,24);1H. The summed E-state index contributed by atoms with van der Waals surface area (Å²) >= 11 is 0. The van der Waals surface area contributed by atoms with Gasteiger partial charge in [-0.15, -0.1) is 24.0 Å². The molecule has 2 aromatic carbocycles. The van der Waals surface area contributed by atoms with Gasteiger partial charge < -0.3 is 10.2 Å². The van der Waals surface area contributed by atoms with Gasteiger partial charge in [-0.05, 0) is 35.4 Å². The van der Waals surface area contributed by atoms with E-state index in [0.717, 1.165) is 11.1 Å². The van der Waals surface area contributed by atoms with Crippen molar-refractivity contribution in [1.29, 1.82) is 0 Å². The van der Waals surface area contributed by atoms with Crippen molar-refractivity contribution < 1.29 is 12.8 Å². The van der Waals surface area contributed by atoms with Crippen LogP contribution in [-0.4, -0.2) is 33.4 Å². The van der Waals surface area contributed by atoms with Crippen molar-refractivity contribution >= 4 is 40.0 Å². The molecule has 0 saturated carbocycles. The Bertz CT molecular complexity index is 875. The summed E-state index contributed by atoms with van der Waals surface area (Å²) in [5.74, 6) is 0.318. The first kappa shape index (κ1) is 22.3. The molecule has 0 aromatic heterocycles. The van der Waals surface area contributed by atoms with Crippen molar-refractivity contribution in [1.82, 2.24) is 10.2 Å². The van der Waals surface area contributed by atoms with E-state index in [0.29, 0.717) is 19.0 Å². The van der Waals surface area contributed by atoms with Gasteiger partial charge in [0.15, 0.2) is 5.96 Å². The predicted octanol–water partition coefficient (Wildman–Crippen LogP) is 2.30. The van der Waals surface area contributed by atoms with Crippen LogP contribution in [0.15, 0.2) is 58.4 Å². The van der Waals surface area contributed by atoms with E-state index >= 15 is 0 Å². The molecule has 0 bridgehead atoms. The Balaban J connectivity index is 0.00000338. The smallest absolute Gasteiger partial charge is 0.238 e. The molecule has 142 valence electrons. The van der Waals surface area contributed by atoms with E-state index in [1.807, 2.05) is 18.0 Å². The lowest BCUT2D eigenvalue weighted by Crippen LogP contribution is -2.38. The third-order valence-electron chi connectivity index (χ3n) is 3.56. The Morgan fingerprint density at radius 1 is 1.19 bits per heavy atom. The van der Waals surface area contributed by atoms with Crippen LogP contribution < -0.4 is 10.5 Å². The highest BCUT2D eigenvalue weighted by Crippen LogP contribution is 2.10. The molecule has 0 aliphatic carbocycles. The molecule has 0 unspecified atom stereocenters. The van der Waals surface area contributed by atoms with Gasteiger partial charge in [-0.25, -0.2) is 17.9 Å². The summed E-state index contributed by atoms with van der Waals surface area (Å²) in [6.45, 7) is 0.859. The molecule has 0 atom stereocenters. The lowest BCUT2D eigenvalue weighted by molar-refractivity contribution is 0.474. The second-order valence-corrected chi connectivity index (χ2v) is 7.14. The van der Waals surface area contributed by atoms with Crippen LogP contribution in [0.5, 0.6) is 0 Å². The van der Waals surface area contributed by atoms with Gasteiger partial charge >= 0.3 is 0 Å². The number of aliphatic imine (C=N–C) groups is 1. The summed E-state index contributed by atoms with van der Waals surface area (Å²) in [6.07, 6.45) is 0. The fourth-order valence-corrected chi connectivity index (χ4v) is 2.97. The number of benzene rings is 2. The Labute approximate surface area is 170 Å². The minimum atomic E-state index is -3.73. The minimum Gasteiger partial charge on any atom is -0.352 e. The highest BCUT2D eigenvalue weighted by molar-refractivity contribution is 14.0. The van der Waals surface area contributed by atoms with E-state index in [9.17, 15) is 12.8 Å². The van der Waals surface area contributed by atoms with Crippen molar-refractivity contribution in [2.45, 2.75) is 18.0 Å². The second kappa shape index (κ2) is 9.83. The first-order chi connectivity index (χ1) is 11.8. The fourth-order valence-electron chi connectivity index (χ4n) is 2.38. The van der Waals surface area contributed by atoms with Crippen LogP contribution in [0.25, 0.3) is 0 Å². The second-order valence-electron chi connectivity index (χ2n) is 5.58. The van der Waals surface area contributed by atoms with Gasteiger partial charge in [-0.2, -0.15) is 0 Å². The van der Waals surface area contributed by atoms with Crippen LogP contribution in [0.3, 0.4) is 0 Å². The Kier molecular flexibility index (Phi) is 8.44. The number of sulfonamides is 1. The normalized spacial score (nSPS) is 11.6. The van der Waals surface area contributed by atoms with E-state index in [2.05, 4.69) is 10.3 Å². The SMILES string of the molecule is CN=C(NCc1cccc(S(N)(=O)=O)c1)N(C)Cc1cccc(F)c1.I. The largest absolute Gasteiger partial charge is 0.352 e. The van der Waals surface area contributed by atoms with Gasteiger partial charge in [0.2, 0.25) is 10.0 Å². The molecule has 0 aliphatic heterocycles. The molecule has 26 heavy (non-hydrogen) atoms. The van der Waals surface area contributed by atoms with Gasteiger partial charge in [0, 0.05) is 27.2 Å². The van der Waals surface area contributed by atoms with Crippen LogP contribution in [0.1, 0.15) is 11.1 Å². The van der Waals surface area contributed by atoms with E-state index in [4.69, 9.17) is 5.14 Å². The third kappa shape index (κ3) is 6.54. The summed E-state index contributed by atoms with van der Waals surface area (Å²) in [7, 11) is -0.256. The molecule has 2 rings (SSSR count). The number of nitrogens with zero attached hydrogens (tertiary/aromatic N) is 2. The zero-order valence-electron chi connectivity index (χ0n) is 14.5. The maximum atomic E-state index is 13.3. The van der Waals surface area contributed by atoms with E-state index in [1.54, 1.807) is 25.2 Å². The molecule has 2 aromatic rings. The van der Waals surface area contributed by atoms with Gasteiger partial charge in [-0.3, -0.25) is 4.99 Å². The molecule has 0 heterocycles. The summed E-state index contributed by atoms with van der Waals surface area (Å²) < 4.78 is 36.1. The monoisotopic (exact) mass is 492 g/mol. The lowest BCUT2D eigenvalue weighted by atomic mass is 10.2.